The zero-order valence-electron chi connectivity index (χ0n) is 10.1. The van der Waals surface area contributed by atoms with Crippen LogP contribution < -0.4 is 0 Å². The van der Waals surface area contributed by atoms with Crippen molar-refractivity contribution in [3.63, 3.8) is 0 Å². The SMILES string of the molecule is Cc1cccc(CCC(Br)c2ccccc2)c1. The van der Waals surface area contributed by atoms with Crippen LogP contribution in [-0.2, 0) is 6.42 Å². The third-order valence-electron chi connectivity index (χ3n) is 2.93. The van der Waals surface area contributed by atoms with Gasteiger partial charge in [-0.25, -0.2) is 0 Å². The van der Waals surface area contributed by atoms with Crippen LogP contribution in [0.4, 0.5) is 0 Å². The maximum Gasteiger partial charge on any atom is 0.0398 e. The van der Waals surface area contributed by atoms with Crippen molar-refractivity contribution in [3.05, 3.63) is 71.3 Å². The van der Waals surface area contributed by atoms with E-state index in [1.54, 1.807) is 0 Å². The summed E-state index contributed by atoms with van der Waals surface area (Å²) < 4.78 is 0. The maximum absolute atomic E-state index is 3.76. The van der Waals surface area contributed by atoms with Crippen LogP contribution in [0, 0.1) is 6.92 Å². The van der Waals surface area contributed by atoms with Crippen molar-refractivity contribution < 1.29 is 0 Å². The molecular weight excluding hydrogens is 272 g/mol. The lowest BCUT2D eigenvalue weighted by atomic mass is 10.0. The Hall–Kier alpha value is -1.08. The quantitative estimate of drug-likeness (QED) is 0.690. The van der Waals surface area contributed by atoms with E-state index in [-0.39, 0.29) is 0 Å². The summed E-state index contributed by atoms with van der Waals surface area (Å²) in [5.41, 5.74) is 4.12. The molecule has 2 aromatic rings. The van der Waals surface area contributed by atoms with Crippen LogP contribution in [0.25, 0.3) is 0 Å². The van der Waals surface area contributed by atoms with E-state index in [0.717, 1.165) is 12.8 Å². The Labute approximate surface area is 112 Å². The number of alkyl halides is 1. The van der Waals surface area contributed by atoms with Crippen molar-refractivity contribution in [2.75, 3.05) is 0 Å². The highest BCUT2D eigenvalue weighted by molar-refractivity contribution is 9.09. The summed E-state index contributed by atoms with van der Waals surface area (Å²) >= 11 is 3.76. The van der Waals surface area contributed by atoms with E-state index in [2.05, 4.69) is 77.5 Å². The van der Waals surface area contributed by atoms with Gasteiger partial charge in [0.2, 0.25) is 0 Å². The normalized spacial score (nSPS) is 12.4. The van der Waals surface area contributed by atoms with Gasteiger partial charge in [-0.3, -0.25) is 0 Å². The third-order valence-corrected chi connectivity index (χ3v) is 3.92. The van der Waals surface area contributed by atoms with Gasteiger partial charge in [-0.05, 0) is 30.9 Å². The van der Waals surface area contributed by atoms with Gasteiger partial charge in [0.15, 0.2) is 0 Å². The molecular formula is C16H17Br. The van der Waals surface area contributed by atoms with Gasteiger partial charge < -0.3 is 0 Å². The van der Waals surface area contributed by atoms with Crippen molar-refractivity contribution in [3.8, 4) is 0 Å². The van der Waals surface area contributed by atoms with E-state index in [1.165, 1.54) is 16.7 Å². The Bertz CT molecular complexity index is 462. The first kappa shape index (κ1) is 12.4. The van der Waals surface area contributed by atoms with Crippen LogP contribution in [0.3, 0.4) is 0 Å². The smallest absolute Gasteiger partial charge is 0.0398 e. The van der Waals surface area contributed by atoms with Gasteiger partial charge in [0.25, 0.3) is 0 Å². The van der Waals surface area contributed by atoms with Crippen LogP contribution in [0.5, 0.6) is 0 Å². The topological polar surface area (TPSA) is 0 Å². The zero-order chi connectivity index (χ0) is 12.1. The largest absolute Gasteiger partial charge is 0.0839 e. The van der Waals surface area contributed by atoms with Gasteiger partial charge >= 0.3 is 0 Å². The molecule has 88 valence electrons. The number of hydrogen-bond donors (Lipinski definition) is 0. The van der Waals surface area contributed by atoms with Crippen LogP contribution in [0.2, 0.25) is 0 Å². The molecule has 1 atom stereocenters. The average molecular weight is 289 g/mol. The van der Waals surface area contributed by atoms with Crippen molar-refractivity contribution in [2.45, 2.75) is 24.6 Å². The first-order valence-electron chi connectivity index (χ1n) is 6.00. The van der Waals surface area contributed by atoms with Gasteiger partial charge in [0.05, 0.1) is 0 Å². The molecule has 0 aromatic heterocycles. The highest BCUT2D eigenvalue weighted by atomic mass is 79.9. The van der Waals surface area contributed by atoms with Gasteiger partial charge in [-0.15, -0.1) is 0 Å². The fourth-order valence-corrected chi connectivity index (χ4v) is 2.52. The fraction of sp³-hybridized carbons (Fsp3) is 0.250. The lowest BCUT2D eigenvalue weighted by Crippen LogP contribution is -1.93. The predicted octanol–water partition coefficient (Wildman–Crippen LogP) is 5.06. The first-order valence-corrected chi connectivity index (χ1v) is 6.92. The van der Waals surface area contributed by atoms with Gasteiger partial charge in [0, 0.05) is 4.83 Å². The molecule has 0 amide bonds. The molecule has 0 aliphatic rings. The van der Waals surface area contributed by atoms with Crippen LogP contribution in [-0.4, -0.2) is 0 Å². The van der Waals surface area contributed by atoms with Crippen LogP contribution in [0.15, 0.2) is 54.6 Å². The van der Waals surface area contributed by atoms with E-state index < -0.39 is 0 Å². The number of halogens is 1. The Balaban J connectivity index is 1.95. The molecule has 0 N–H and O–H groups in total. The first-order chi connectivity index (χ1) is 8.25. The lowest BCUT2D eigenvalue weighted by molar-refractivity contribution is 0.813. The molecule has 0 spiro atoms. The number of rotatable bonds is 4. The molecule has 0 saturated heterocycles. The van der Waals surface area contributed by atoms with E-state index in [1.807, 2.05) is 0 Å². The highest BCUT2D eigenvalue weighted by Gasteiger charge is 2.06. The monoisotopic (exact) mass is 288 g/mol. The standard InChI is InChI=1S/C16H17Br/c1-13-6-5-7-14(12-13)10-11-16(17)15-8-3-2-4-9-15/h2-9,12,16H,10-11H2,1H3. The second kappa shape index (κ2) is 6.02. The zero-order valence-corrected chi connectivity index (χ0v) is 11.7. The average Bonchev–Trinajstić information content (AvgIpc) is 2.37. The van der Waals surface area contributed by atoms with Crippen molar-refractivity contribution in [1.82, 2.24) is 0 Å². The fourth-order valence-electron chi connectivity index (χ4n) is 1.99. The molecule has 1 unspecified atom stereocenters. The molecule has 0 aliphatic carbocycles. The van der Waals surface area contributed by atoms with E-state index in [0.29, 0.717) is 4.83 Å². The molecule has 17 heavy (non-hydrogen) atoms. The van der Waals surface area contributed by atoms with Gasteiger partial charge in [-0.1, -0.05) is 76.1 Å². The summed E-state index contributed by atoms with van der Waals surface area (Å²) in [5.74, 6) is 0. The van der Waals surface area contributed by atoms with Gasteiger partial charge in [0.1, 0.15) is 0 Å². The molecule has 0 aliphatic heterocycles. The summed E-state index contributed by atoms with van der Waals surface area (Å²) in [6.45, 7) is 2.15. The molecule has 0 bridgehead atoms. The Morgan fingerprint density at radius 3 is 2.47 bits per heavy atom. The highest BCUT2D eigenvalue weighted by Crippen LogP contribution is 2.27. The third kappa shape index (κ3) is 3.71. The molecule has 0 heterocycles. The molecule has 1 heteroatoms. The summed E-state index contributed by atoms with van der Waals surface area (Å²) in [6, 6.07) is 19.4. The second-order valence-corrected chi connectivity index (χ2v) is 5.51. The van der Waals surface area contributed by atoms with Crippen molar-refractivity contribution in [1.29, 1.82) is 0 Å². The van der Waals surface area contributed by atoms with Gasteiger partial charge in [-0.2, -0.15) is 0 Å². The number of aryl methyl sites for hydroxylation is 2. The van der Waals surface area contributed by atoms with Crippen LogP contribution in [0.1, 0.15) is 27.9 Å². The van der Waals surface area contributed by atoms with Crippen LogP contribution >= 0.6 is 15.9 Å². The summed E-state index contributed by atoms with van der Waals surface area (Å²) in [5, 5.41) is 0. The Morgan fingerprint density at radius 2 is 1.76 bits per heavy atom. The second-order valence-electron chi connectivity index (χ2n) is 4.41. The van der Waals surface area contributed by atoms with E-state index >= 15 is 0 Å². The Morgan fingerprint density at radius 1 is 1.00 bits per heavy atom. The molecule has 2 aromatic carbocycles. The van der Waals surface area contributed by atoms with Crippen molar-refractivity contribution >= 4 is 15.9 Å². The maximum atomic E-state index is 3.76. The summed E-state index contributed by atoms with van der Waals surface area (Å²) in [7, 11) is 0. The minimum atomic E-state index is 0.448. The number of benzene rings is 2. The van der Waals surface area contributed by atoms with E-state index in [4.69, 9.17) is 0 Å². The van der Waals surface area contributed by atoms with E-state index in [9.17, 15) is 0 Å². The summed E-state index contributed by atoms with van der Waals surface area (Å²) in [4.78, 5) is 0.448. The molecule has 2 rings (SSSR count). The van der Waals surface area contributed by atoms with Crippen molar-refractivity contribution in [2.24, 2.45) is 0 Å². The minimum absolute atomic E-state index is 0.448. The number of hydrogen-bond acceptors (Lipinski definition) is 0. The predicted molar refractivity (Wildman–Crippen MR) is 77.6 cm³/mol. The lowest BCUT2D eigenvalue weighted by Gasteiger charge is -2.10. The minimum Gasteiger partial charge on any atom is -0.0839 e. The molecule has 0 nitrogen and oxygen atoms in total. The molecule has 0 saturated carbocycles. The molecule has 0 fully saturated rings. The summed E-state index contributed by atoms with van der Waals surface area (Å²) in [6.07, 6.45) is 2.25. The molecule has 0 radical (unpaired) electrons. The Kier molecular flexibility index (Phi) is 4.38.